The van der Waals surface area contributed by atoms with E-state index in [2.05, 4.69) is 48.5 Å². The second-order valence-corrected chi connectivity index (χ2v) is 6.01. The lowest BCUT2D eigenvalue weighted by Gasteiger charge is -2.25. The summed E-state index contributed by atoms with van der Waals surface area (Å²) in [5, 5.41) is 3.52. The van der Waals surface area contributed by atoms with Crippen LogP contribution in [0.4, 0.5) is 5.69 Å². The van der Waals surface area contributed by atoms with Crippen molar-refractivity contribution in [1.29, 1.82) is 0 Å². The third-order valence-electron chi connectivity index (χ3n) is 4.77. The van der Waals surface area contributed by atoms with Crippen LogP contribution in [0.5, 0.6) is 0 Å². The first kappa shape index (κ1) is 12.0. The van der Waals surface area contributed by atoms with Gasteiger partial charge in [0.15, 0.2) is 0 Å². The van der Waals surface area contributed by atoms with E-state index in [1.54, 1.807) is 0 Å². The lowest BCUT2D eigenvalue weighted by Crippen LogP contribution is -2.32. The van der Waals surface area contributed by atoms with Crippen LogP contribution < -0.4 is 5.32 Å². The van der Waals surface area contributed by atoms with Crippen LogP contribution in [0.1, 0.15) is 37.7 Å². The van der Waals surface area contributed by atoms with Crippen LogP contribution >= 0.6 is 0 Å². The van der Waals surface area contributed by atoms with Crippen LogP contribution in [-0.4, -0.2) is 31.1 Å². The Balaban J connectivity index is 1.55. The Morgan fingerprint density at radius 3 is 2.89 bits per heavy atom. The lowest BCUT2D eigenvalue weighted by atomic mass is 9.97. The minimum absolute atomic E-state index is 0.704. The summed E-state index contributed by atoms with van der Waals surface area (Å²) in [7, 11) is 2.29. The molecule has 2 unspecified atom stereocenters. The molecule has 1 aliphatic carbocycles. The summed E-state index contributed by atoms with van der Waals surface area (Å²) >= 11 is 0. The number of fused-ring (bicyclic) bond motifs is 1. The maximum Gasteiger partial charge on any atom is 0.0376 e. The molecule has 1 aromatic rings. The van der Waals surface area contributed by atoms with Crippen molar-refractivity contribution >= 4 is 5.69 Å². The Bertz CT molecular complexity index is 411. The van der Waals surface area contributed by atoms with Gasteiger partial charge in [-0.25, -0.2) is 0 Å². The molecule has 2 aliphatic rings. The molecule has 0 spiro atoms. The first-order chi connectivity index (χ1) is 8.75. The van der Waals surface area contributed by atoms with E-state index in [0.717, 1.165) is 18.5 Å². The number of nitrogens with zero attached hydrogens (tertiary/aromatic N) is 1. The van der Waals surface area contributed by atoms with E-state index in [9.17, 15) is 0 Å². The van der Waals surface area contributed by atoms with Gasteiger partial charge in [-0.3, -0.25) is 0 Å². The van der Waals surface area contributed by atoms with Gasteiger partial charge in [-0.05, 0) is 57.3 Å². The highest BCUT2D eigenvalue weighted by Gasteiger charge is 2.31. The van der Waals surface area contributed by atoms with E-state index in [1.807, 2.05) is 0 Å². The van der Waals surface area contributed by atoms with Crippen LogP contribution in [0, 0.1) is 5.92 Å². The summed E-state index contributed by atoms with van der Waals surface area (Å²) < 4.78 is 0. The van der Waals surface area contributed by atoms with E-state index in [0.29, 0.717) is 5.92 Å². The van der Waals surface area contributed by atoms with Gasteiger partial charge in [-0.1, -0.05) is 18.2 Å². The van der Waals surface area contributed by atoms with Gasteiger partial charge in [0.1, 0.15) is 0 Å². The molecule has 18 heavy (non-hydrogen) atoms. The van der Waals surface area contributed by atoms with Crippen molar-refractivity contribution < 1.29 is 0 Å². The molecule has 2 nitrogen and oxygen atoms in total. The predicted molar refractivity (Wildman–Crippen MR) is 77.1 cm³/mol. The van der Waals surface area contributed by atoms with Gasteiger partial charge in [-0.2, -0.15) is 0 Å². The Morgan fingerprint density at radius 2 is 2.11 bits per heavy atom. The summed E-state index contributed by atoms with van der Waals surface area (Å²) in [5.74, 6) is 1.68. The molecular formula is C16H24N2. The topological polar surface area (TPSA) is 15.3 Å². The smallest absolute Gasteiger partial charge is 0.0376 e. The number of nitrogens with one attached hydrogen (secondary N) is 1. The molecule has 3 rings (SSSR count). The molecule has 1 fully saturated rings. The maximum atomic E-state index is 3.52. The van der Waals surface area contributed by atoms with Crippen molar-refractivity contribution in [2.75, 3.05) is 25.5 Å². The first-order valence-electron chi connectivity index (χ1n) is 7.28. The fourth-order valence-corrected chi connectivity index (χ4v) is 3.12. The molecule has 0 amide bonds. The Hall–Kier alpha value is -1.02. The highest BCUT2D eigenvalue weighted by atomic mass is 15.1. The molecule has 1 N–H and O–H groups in total. The van der Waals surface area contributed by atoms with Crippen molar-refractivity contribution in [3.63, 3.8) is 0 Å². The fourth-order valence-electron chi connectivity index (χ4n) is 3.12. The Kier molecular flexibility index (Phi) is 3.29. The summed E-state index contributed by atoms with van der Waals surface area (Å²) in [4.78, 5) is 2.55. The number of benzene rings is 1. The minimum Gasteiger partial charge on any atom is -0.384 e. The van der Waals surface area contributed by atoms with E-state index < -0.39 is 0 Å². The van der Waals surface area contributed by atoms with Crippen LogP contribution in [0.15, 0.2) is 24.3 Å². The maximum absolute atomic E-state index is 3.52. The van der Waals surface area contributed by atoms with E-state index in [-0.39, 0.29) is 0 Å². The van der Waals surface area contributed by atoms with Gasteiger partial charge < -0.3 is 10.2 Å². The molecule has 1 aliphatic heterocycles. The normalized spacial score (nSPS) is 23.8. The Labute approximate surface area is 110 Å². The SMILES string of the molecule is CC(C1CC1)N(C)CCC1CNc2ccccc21. The van der Waals surface area contributed by atoms with Crippen LogP contribution in [0.25, 0.3) is 0 Å². The lowest BCUT2D eigenvalue weighted by molar-refractivity contribution is 0.227. The molecule has 0 radical (unpaired) electrons. The molecule has 0 bridgehead atoms. The standard InChI is InChI=1S/C16H24N2/c1-12(13-7-8-13)18(2)10-9-14-11-17-16-6-4-3-5-15(14)16/h3-6,12-14,17H,7-11H2,1-2H3. The molecule has 0 aromatic heterocycles. The third kappa shape index (κ3) is 2.39. The fraction of sp³-hybridized carbons (Fsp3) is 0.625. The van der Waals surface area contributed by atoms with Crippen molar-refractivity contribution in [3.05, 3.63) is 29.8 Å². The number of anilines is 1. The summed E-state index contributed by atoms with van der Waals surface area (Å²) in [6.45, 7) is 4.72. The molecule has 1 saturated carbocycles. The van der Waals surface area contributed by atoms with Crippen LogP contribution in [-0.2, 0) is 0 Å². The summed E-state index contributed by atoms with van der Waals surface area (Å²) in [6.07, 6.45) is 4.16. The second-order valence-electron chi connectivity index (χ2n) is 6.01. The van der Waals surface area contributed by atoms with E-state index in [1.165, 1.54) is 37.1 Å². The molecule has 1 aromatic carbocycles. The molecule has 2 atom stereocenters. The van der Waals surface area contributed by atoms with Crippen molar-refractivity contribution in [2.45, 2.75) is 38.1 Å². The zero-order chi connectivity index (χ0) is 12.5. The quantitative estimate of drug-likeness (QED) is 0.855. The minimum atomic E-state index is 0.704. The molecule has 98 valence electrons. The molecular weight excluding hydrogens is 220 g/mol. The van der Waals surface area contributed by atoms with E-state index in [4.69, 9.17) is 0 Å². The molecule has 2 heteroatoms. The van der Waals surface area contributed by atoms with Gasteiger partial charge in [-0.15, -0.1) is 0 Å². The van der Waals surface area contributed by atoms with Crippen molar-refractivity contribution in [3.8, 4) is 0 Å². The van der Waals surface area contributed by atoms with E-state index >= 15 is 0 Å². The highest BCUT2D eigenvalue weighted by Crippen LogP contribution is 2.36. The van der Waals surface area contributed by atoms with Gasteiger partial charge >= 0.3 is 0 Å². The first-order valence-corrected chi connectivity index (χ1v) is 7.28. The zero-order valence-corrected chi connectivity index (χ0v) is 11.5. The second kappa shape index (κ2) is 4.93. The predicted octanol–water partition coefficient (Wildman–Crippen LogP) is 3.32. The van der Waals surface area contributed by atoms with Gasteiger partial charge in [0.25, 0.3) is 0 Å². The van der Waals surface area contributed by atoms with Crippen molar-refractivity contribution in [1.82, 2.24) is 4.90 Å². The van der Waals surface area contributed by atoms with Crippen LogP contribution in [0.2, 0.25) is 0 Å². The summed E-state index contributed by atoms with van der Waals surface area (Å²) in [5.41, 5.74) is 2.87. The third-order valence-corrected chi connectivity index (χ3v) is 4.77. The average Bonchev–Trinajstić information content (AvgIpc) is 3.16. The van der Waals surface area contributed by atoms with Gasteiger partial charge in [0.2, 0.25) is 0 Å². The average molecular weight is 244 g/mol. The molecule has 0 saturated heterocycles. The number of hydrogen-bond donors (Lipinski definition) is 1. The summed E-state index contributed by atoms with van der Waals surface area (Å²) in [6, 6.07) is 9.54. The molecule has 1 heterocycles. The number of rotatable bonds is 5. The monoisotopic (exact) mass is 244 g/mol. The number of hydrogen-bond acceptors (Lipinski definition) is 2. The van der Waals surface area contributed by atoms with Gasteiger partial charge in [0.05, 0.1) is 0 Å². The zero-order valence-electron chi connectivity index (χ0n) is 11.5. The number of para-hydroxylation sites is 1. The Morgan fingerprint density at radius 1 is 1.33 bits per heavy atom. The highest BCUT2D eigenvalue weighted by molar-refractivity contribution is 5.57. The van der Waals surface area contributed by atoms with Crippen LogP contribution in [0.3, 0.4) is 0 Å². The van der Waals surface area contributed by atoms with Gasteiger partial charge in [0, 0.05) is 24.2 Å². The largest absolute Gasteiger partial charge is 0.384 e. The van der Waals surface area contributed by atoms with Crippen molar-refractivity contribution in [2.24, 2.45) is 5.92 Å².